The minimum Gasteiger partial charge on any atom is -0.381 e. The number of aryl methyl sites for hydroxylation is 1. The monoisotopic (exact) mass is 297 g/mol. The molecule has 0 bridgehead atoms. The molecule has 1 nitrogen and oxygen atoms in total. The van der Waals surface area contributed by atoms with Gasteiger partial charge in [0.15, 0.2) is 0 Å². The van der Waals surface area contributed by atoms with E-state index in [9.17, 15) is 0 Å². The molecule has 0 heterocycles. The third kappa shape index (κ3) is 3.20. The van der Waals surface area contributed by atoms with Gasteiger partial charge in [0.05, 0.1) is 10.7 Å². The highest BCUT2D eigenvalue weighted by atomic mass is 35.5. The summed E-state index contributed by atoms with van der Waals surface area (Å²) in [6.45, 7) is 1.99. The van der Waals surface area contributed by atoms with Crippen molar-refractivity contribution in [3.63, 3.8) is 0 Å². The van der Waals surface area contributed by atoms with E-state index in [2.05, 4.69) is 5.32 Å². The quantitative estimate of drug-likeness (QED) is 0.756. The number of nitrogens with one attached hydrogen (secondary N) is 1. The molecular formula is C16H21Cl2N. The minimum atomic E-state index is 0.565. The Hall–Kier alpha value is -0.400. The summed E-state index contributed by atoms with van der Waals surface area (Å²) in [6.07, 6.45) is 8.22. The van der Waals surface area contributed by atoms with Crippen molar-refractivity contribution in [1.82, 2.24) is 0 Å². The predicted octanol–water partition coefficient (Wildman–Crippen LogP) is 5.68. The summed E-state index contributed by atoms with van der Waals surface area (Å²) < 4.78 is 0. The molecule has 2 aliphatic rings. The van der Waals surface area contributed by atoms with Gasteiger partial charge in [0.1, 0.15) is 0 Å². The summed E-state index contributed by atoms with van der Waals surface area (Å²) in [7, 11) is 0. The summed E-state index contributed by atoms with van der Waals surface area (Å²) in [5.41, 5.74) is 2.04. The van der Waals surface area contributed by atoms with Crippen LogP contribution in [0.3, 0.4) is 0 Å². The number of rotatable bonds is 3. The number of benzene rings is 1. The van der Waals surface area contributed by atoms with E-state index in [1.165, 1.54) is 38.5 Å². The lowest BCUT2D eigenvalue weighted by Gasteiger charge is -2.31. The molecule has 1 aromatic carbocycles. The molecule has 0 amide bonds. The Morgan fingerprint density at radius 2 is 1.79 bits per heavy atom. The van der Waals surface area contributed by atoms with Crippen LogP contribution in [0.1, 0.15) is 44.1 Å². The van der Waals surface area contributed by atoms with Crippen molar-refractivity contribution in [1.29, 1.82) is 0 Å². The van der Waals surface area contributed by atoms with Crippen molar-refractivity contribution in [2.75, 3.05) is 5.32 Å². The minimum absolute atomic E-state index is 0.565. The maximum absolute atomic E-state index is 6.31. The first kappa shape index (κ1) is 13.6. The van der Waals surface area contributed by atoms with E-state index in [0.29, 0.717) is 6.04 Å². The molecule has 0 saturated heterocycles. The van der Waals surface area contributed by atoms with Crippen LogP contribution in [0.5, 0.6) is 0 Å². The van der Waals surface area contributed by atoms with Crippen molar-refractivity contribution in [2.45, 2.75) is 51.5 Å². The van der Waals surface area contributed by atoms with Gasteiger partial charge in [0, 0.05) is 11.1 Å². The molecule has 1 aromatic rings. The van der Waals surface area contributed by atoms with Crippen LogP contribution in [-0.2, 0) is 0 Å². The van der Waals surface area contributed by atoms with Gasteiger partial charge in [-0.25, -0.2) is 0 Å². The summed E-state index contributed by atoms with van der Waals surface area (Å²) in [6, 6.07) is 4.49. The van der Waals surface area contributed by atoms with Gasteiger partial charge in [0.25, 0.3) is 0 Å². The standard InChI is InChI=1S/C16H21Cl2N/c1-10-7-15(18)16(9-14(10)17)19-13-4-2-3-12(8-13)11-5-6-11/h7,9,11-13,19H,2-6,8H2,1H3. The highest BCUT2D eigenvalue weighted by Crippen LogP contribution is 2.44. The molecule has 2 fully saturated rings. The lowest BCUT2D eigenvalue weighted by Crippen LogP contribution is -2.28. The van der Waals surface area contributed by atoms with Crippen LogP contribution in [-0.4, -0.2) is 6.04 Å². The summed E-state index contributed by atoms with van der Waals surface area (Å²) in [5, 5.41) is 5.19. The molecule has 2 atom stereocenters. The van der Waals surface area contributed by atoms with Crippen molar-refractivity contribution in [2.24, 2.45) is 11.8 Å². The van der Waals surface area contributed by atoms with Crippen molar-refractivity contribution in [3.05, 3.63) is 27.7 Å². The maximum Gasteiger partial charge on any atom is 0.0641 e. The Balaban J connectivity index is 1.68. The molecule has 3 rings (SSSR count). The van der Waals surface area contributed by atoms with Gasteiger partial charge in [-0.15, -0.1) is 0 Å². The fraction of sp³-hybridized carbons (Fsp3) is 0.625. The molecule has 2 saturated carbocycles. The molecule has 0 aromatic heterocycles. The van der Waals surface area contributed by atoms with Crippen LogP contribution in [0, 0.1) is 18.8 Å². The lowest BCUT2D eigenvalue weighted by atomic mass is 9.82. The molecule has 1 N–H and O–H groups in total. The van der Waals surface area contributed by atoms with Crippen LogP contribution in [0.25, 0.3) is 0 Å². The molecule has 0 aliphatic heterocycles. The molecule has 104 valence electrons. The van der Waals surface area contributed by atoms with Gasteiger partial charge in [0.2, 0.25) is 0 Å². The van der Waals surface area contributed by atoms with Gasteiger partial charge in [-0.05, 0) is 62.1 Å². The van der Waals surface area contributed by atoms with Crippen LogP contribution in [0.15, 0.2) is 12.1 Å². The average Bonchev–Trinajstić information content (AvgIpc) is 3.20. The number of hydrogen-bond donors (Lipinski definition) is 1. The number of anilines is 1. The fourth-order valence-electron chi connectivity index (χ4n) is 3.33. The van der Waals surface area contributed by atoms with Crippen LogP contribution in [0.4, 0.5) is 5.69 Å². The number of halogens is 2. The molecule has 0 spiro atoms. The average molecular weight is 298 g/mol. The largest absolute Gasteiger partial charge is 0.381 e. The smallest absolute Gasteiger partial charge is 0.0641 e. The highest BCUT2D eigenvalue weighted by Gasteiger charge is 2.34. The Bertz CT molecular complexity index is 468. The van der Waals surface area contributed by atoms with Crippen LogP contribution >= 0.6 is 23.2 Å². The van der Waals surface area contributed by atoms with Crippen molar-refractivity contribution in [3.8, 4) is 0 Å². The highest BCUT2D eigenvalue weighted by molar-refractivity contribution is 6.35. The van der Waals surface area contributed by atoms with Crippen molar-refractivity contribution < 1.29 is 0 Å². The molecule has 0 radical (unpaired) electrons. The summed E-state index contributed by atoms with van der Waals surface area (Å²) in [5.74, 6) is 1.95. The summed E-state index contributed by atoms with van der Waals surface area (Å²) in [4.78, 5) is 0. The second-order valence-electron chi connectivity index (χ2n) is 6.19. The Labute approximate surface area is 125 Å². The fourth-order valence-corrected chi connectivity index (χ4v) is 3.77. The van der Waals surface area contributed by atoms with Crippen LogP contribution in [0.2, 0.25) is 10.0 Å². The zero-order valence-electron chi connectivity index (χ0n) is 11.4. The Morgan fingerprint density at radius 1 is 1.00 bits per heavy atom. The Kier molecular flexibility index (Phi) is 3.96. The van der Waals surface area contributed by atoms with E-state index in [-0.39, 0.29) is 0 Å². The van der Waals surface area contributed by atoms with E-state index in [0.717, 1.165) is 33.1 Å². The van der Waals surface area contributed by atoms with E-state index in [1.54, 1.807) is 0 Å². The normalized spacial score (nSPS) is 27.3. The van der Waals surface area contributed by atoms with E-state index in [4.69, 9.17) is 23.2 Å². The van der Waals surface area contributed by atoms with Gasteiger partial charge < -0.3 is 5.32 Å². The molecule has 19 heavy (non-hydrogen) atoms. The van der Waals surface area contributed by atoms with Gasteiger partial charge in [-0.1, -0.05) is 36.0 Å². The van der Waals surface area contributed by atoms with Gasteiger partial charge in [-0.2, -0.15) is 0 Å². The lowest BCUT2D eigenvalue weighted by molar-refractivity contribution is 0.303. The second-order valence-corrected chi connectivity index (χ2v) is 7.00. The second kappa shape index (κ2) is 5.54. The topological polar surface area (TPSA) is 12.0 Å². The van der Waals surface area contributed by atoms with E-state index >= 15 is 0 Å². The molecule has 2 unspecified atom stereocenters. The van der Waals surface area contributed by atoms with Crippen LogP contribution < -0.4 is 5.32 Å². The van der Waals surface area contributed by atoms with E-state index in [1.807, 2.05) is 19.1 Å². The first-order chi connectivity index (χ1) is 9.13. The van der Waals surface area contributed by atoms with Gasteiger partial charge in [-0.3, -0.25) is 0 Å². The summed E-state index contributed by atoms with van der Waals surface area (Å²) >= 11 is 12.5. The zero-order valence-corrected chi connectivity index (χ0v) is 12.9. The predicted molar refractivity (Wildman–Crippen MR) is 83.3 cm³/mol. The Morgan fingerprint density at radius 3 is 2.53 bits per heavy atom. The molecule has 2 aliphatic carbocycles. The van der Waals surface area contributed by atoms with Gasteiger partial charge >= 0.3 is 0 Å². The molecule has 3 heteroatoms. The third-order valence-electron chi connectivity index (χ3n) is 4.61. The number of hydrogen-bond acceptors (Lipinski definition) is 1. The SMILES string of the molecule is Cc1cc(Cl)c(NC2CCCC(C3CC3)C2)cc1Cl. The van der Waals surface area contributed by atoms with E-state index < -0.39 is 0 Å². The first-order valence-electron chi connectivity index (χ1n) is 7.35. The molecular weight excluding hydrogens is 277 g/mol. The zero-order chi connectivity index (χ0) is 13.4. The van der Waals surface area contributed by atoms with Crippen molar-refractivity contribution >= 4 is 28.9 Å². The maximum atomic E-state index is 6.31. The first-order valence-corrected chi connectivity index (χ1v) is 8.11. The third-order valence-corrected chi connectivity index (χ3v) is 5.33.